The van der Waals surface area contributed by atoms with Gasteiger partial charge in [0.25, 0.3) is 0 Å². The highest BCUT2D eigenvalue weighted by Gasteiger charge is 2.33. The smallest absolute Gasteiger partial charge is 0.229 e. The van der Waals surface area contributed by atoms with Gasteiger partial charge in [0.1, 0.15) is 5.69 Å². The topological polar surface area (TPSA) is 68.1 Å². The monoisotopic (exact) mass is 326 g/mol. The van der Waals surface area contributed by atoms with Gasteiger partial charge in [-0.2, -0.15) is 15.0 Å². The summed E-state index contributed by atoms with van der Waals surface area (Å²) in [4.78, 5) is 27.8. The standard InChI is InChI=1S/C18H22N4O2/c1-3-22-19-13(2)16(20-22)12-21-17(23)10-15(11-18(21)24)9-14-7-5-4-6-8-14/h4-8,15H,3,9-12H2,1-2H3. The van der Waals surface area contributed by atoms with Crippen LogP contribution < -0.4 is 0 Å². The van der Waals surface area contributed by atoms with Gasteiger partial charge < -0.3 is 0 Å². The van der Waals surface area contributed by atoms with E-state index in [1.165, 1.54) is 10.5 Å². The molecule has 0 atom stereocenters. The number of carbonyl (C=O) groups excluding carboxylic acids is 2. The molecule has 1 aromatic heterocycles. The number of nitrogens with zero attached hydrogens (tertiary/aromatic N) is 4. The minimum Gasteiger partial charge on any atom is -0.276 e. The number of amides is 2. The Hall–Kier alpha value is -2.50. The molecule has 0 aliphatic carbocycles. The Morgan fingerprint density at radius 3 is 2.33 bits per heavy atom. The number of aromatic nitrogens is 3. The quantitative estimate of drug-likeness (QED) is 0.789. The average molecular weight is 326 g/mol. The van der Waals surface area contributed by atoms with Gasteiger partial charge in [0.2, 0.25) is 11.8 Å². The third kappa shape index (κ3) is 3.53. The van der Waals surface area contributed by atoms with Gasteiger partial charge in [0.05, 0.1) is 18.8 Å². The summed E-state index contributed by atoms with van der Waals surface area (Å²) in [6, 6.07) is 10.00. The number of hydrogen-bond acceptors (Lipinski definition) is 4. The number of imide groups is 1. The average Bonchev–Trinajstić information content (AvgIpc) is 2.92. The summed E-state index contributed by atoms with van der Waals surface area (Å²) in [6.07, 6.45) is 1.57. The molecule has 2 aromatic rings. The second-order valence-electron chi connectivity index (χ2n) is 6.26. The highest BCUT2D eigenvalue weighted by molar-refractivity contribution is 5.97. The molecule has 2 heterocycles. The summed E-state index contributed by atoms with van der Waals surface area (Å²) in [6.45, 7) is 4.70. The molecule has 2 amide bonds. The first-order chi connectivity index (χ1) is 11.6. The molecular weight excluding hydrogens is 304 g/mol. The fourth-order valence-corrected chi connectivity index (χ4v) is 3.10. The molecule has 24 heavy (non-hydrogen) atoms. The van der Waals surface area contributed by atoms with Crippen molar-refractivity contribution in [3.63, 3.8) is 0 Å². The first kappa shape index (κ1) is 16.4. The molecule has 1 fully saturated rings. The van der Waals surface area contributed by atoms with Crippen molar-refractivity contribution < 1.29 is 9.59 Å². The van der Waals surface area contributed by atoms with Crippen LogP contribution in [0.25, 0.3) is 0 Å². The lowest BCUT2D eigenvalue weighted by Gasteiger charge is -2.29. The first-order valence-corrected chi connectivity index (χ1v) is 8.34. The fraction of sp³-hybridized carbons (Fsp3) is 0.444. The summed E-state index contributed by atoms with van der Waals surface area (Å²) >= 11 is 0. The van der Waals surface area contributed by atoms with E-state index in [2.05, 4.69) is 10.2 Å². The lowest BCUT2D eigenvalue weighted by atomic mass is 9.89. The Morgan fingerprint density at radius 1 is 1.08 bits per heavy atom. The number of benzene rings is 1. The van der Waals surface area contributed by atoms with Crippen molar-refractivity contribution in [1.82, 2.24) is 19.9 Å². The maximum atomic E-state index is 12.4. The largest absolute Gasteiger partial charge is 0.276 e. The Morgan fingerprint density at radius 2 is 1.75 bits per heavy atom. The number of likely N-dealkylation sites (tertiary alicyclic amines) is 1. The lowest BCUT2D eigenvalue weighted by Crippen LogP contribution is -2.43. The molecule has 6 nitrogen and oxygen atoms in total. The Balaban J connectivity index is 1.66. The molecule has 0 unspecified atom stereocenters. The molecular formula is C18H22N4O2. The van der Waals surface area contributed by atoms with Gasteiger partial charge in [-0.15, -0.1) is 0 Å². The van der Waals surface area contributed by atoms with Crippen LogP contribution in [0.5, 0.6) is 0 Å². The van der Waals surface area contributed by atoms with Gasteiger partial charge >= 0.3 is 0 Å². The molecule has 0 spiro atoms. The predicted octanol–water partition coefficient (Wildman–Crippen LogP) is 2.11. The van der Waals surface area contributed by atoms with Gasteiger partial charge in [0.15, 0.2) is 0 Å². The molecule has 1 aliphatic heterocycles. The predicted molar refractivity (Wildman–Crippen MR) is 88.9 cm³/mol. The van der Waals surface area contributed by atoms with Gasteiger partial charge in [-0.05, 0) is 31.7 Å². The van der Waals surface area contributed by atoms with E-state index in [-0.39, 0.29) is 24.3 Å². The summed E-state index contributed by atoms with van der Waals surface area (Å²) in [5, 5.41) is 8.61. The van der Waals surface area contributed by atoms with E-state index < -0.39 is 0 Å². The van der Waals surface area contributed by atoms with Crippen molar-refractivity contribution in [2.24, 2.45) is 5.92 Å². The highest BCUT2D eigenvalue weighted by atomic mass is 16.2. The fourth-order valence-electron chi connectivity index (χ4n) is 3.10. The SMILES string of the molecule is CCn1nc(C)c(CN2C(=O)CC(Cc3ccccc3)CC2=O)n1. The normalized spacial score (nSPS) is 16.0. The number of piperidine rings is 1. The number of hydrogen-bond donors (Lipinski definition) is 0. The summed E-state index contributed by atoms with van der Waals surface area (Å²) in [5.74, 6) is -0.147. The minimum absolute atomic E-state index is 0.0797. The first-order valence-electron chi connectivity index (χ1n) is 8.34. The zero-order valence-corrected chi connectivity index (χ0v) is 14.1. The van der Waals surface area contributed by atoms with E-state index >= 15 is 0 Å². The molecule has 0 saturated carbocycles. The molecule has 0 bridgehead atoms. The third-order valence-electron chi connectivity index (χ3n) is 4.41. The van der Waals surface area contributed by atoms with Gasteiger partial charge in [-0.25, -0.2) is 0 Å². The summed E-state index contributed by atoms with van der Waals surface area (Å²) < 4.78 is 0. The maximum Gasteiger partial charge on any atom is 0.229 e. The molecule has 126 valence electrons. The lowest BCUT2D eigenvalue weighted by molar-refractivity contribution is -0.150. The summed E-state index contributed by atoms with van der Waals surface area (Å²) in [5.41, 5.74) is 2.63. The van der Waals surface area contributed by atoms with Crippen molar-refractivity contribution >= 4 is 11.8 Å². The second kappa shape index (κ2) is 6.95. The van der Waals surface area contributed by atoms with E-state index in [9.17, 15) is 9.59 Å². The van der Waals surface area contributed by atoms with Crippen molar-refractivity contribution in [1.29, 1.82) is 0 Å². The van der Waals surface area contributed by atoms with Crippen LogP contribution in [-0.4, -0.2) is 31.7 Å². The zero-order chi connectivity index (χ0) is 17.1. The van der Waals surface area contributed by atoms with Gasteiger partial charge in [-0.1, -0.05) is 30.3 Å². The molecule has 1 saturated heterocycles. The van der Waals surface area contributed by atoms with Gasteiger partial charge in [-0.3, -0.25) is 14.5 Å². The van der Waals surface area contributed by atoms with Crippen molar-refractivity contribution in [2.75, 3.05) is 0 Å². The maximum absolute atomic E-state index is 12.4. The summed E-state index contributed by atoms with van der Waals surface area (Å²) in [7, 11) is 0. The van der Waals surface area contributed by atoms with Crippen LogP contribution in [0.3, 0.4) is 0 Å². The van der Waals surface area contributed by atoms with Gasteiger partial charge in [0, 0.05) is 12.8 Å². The molecule has 1 aromatic carbocycles. The molecule has 3 rings (SSSR count). The van der Waals surface area contributed by atoms with Crippen LogP contribution >= 0.6 is 0 Å². The van der Waals surface area contributed by atoms with Crippen LogP contribution in [-0.2, 0) is 29.1 Å². The molecule has 6 heteroatoms. The Labute approximate surface area is 141 Å². The van der Waals surface area contributed by atoms with Crippen LogP contribution in [0.2, 0.25) is 0 Å². The van der Waals surface area contributed by atoms with E-state index in [1.807, 2.05) is 44.2 Å². The van der Waals surface area contributed by atoms with Crippen LogP contribution in [0.4, 0.5) is 0 Å². The highest BCUT2D eigenvalue weighted by Crippen LogP contribution is 2.25. The van der Waals surface area contributed by atoms with Crippen LogP contribution in [0, 0.1) is 12.8 Å². The minimum atomic E-state index is -0.113. The Kier molecular flexibility index (Phi) is 4.74. The second-order valence-corrected chi connectivity index (χ2v) is 6.26. The Bertz CT molecular complexity index is 721. The van der Waals surface area contributed by atoms with Crippen molar-refractivity contribution in [2.45, 2.75) is 46.2 Å². The zero-order valence-electron chi connectivity index (χ0n) is 14.1. The molecule has 0 radical (unpaired) electrons. The van der Waals surface area contributed by atoms with E-state index in [1.54, 1.807) is 4.80 Å². The van der Waals surface area contributed by atoms with Crippen molar-refractivity contribution in [3.8, 4) is 0 Å². The number of rotatable bonds is 5. The molecule has 0 N–H and O–H groups in total. The van der Waals surface area contributed by atoms with Crippen LogP contribution in [0.15, 0.2) is 30.3 Å². The third-order valence-corrected chi connectivity index (χ3v) is 4.41. The van der Waals surface area contributed by atoms with Crippen LogP contribution in [0.1, 0.15) is 36.7 Å². The van der Waals surface area contributed by atoms with E-state index in [0.29, 0.717) is 25.1 Å². The molecule has 1 aliphatic rings. The number of carbonyl (C=O) groups is 2. The number of aryl methyl sites for hydroxylation is 2. The van der Waals surface area contributed by atoms with Crippen molar-refractivity contribution in [3.05, 3.63) is 47.3 Å². The van der Waals surface area contributed by atoms with E-state index in [0.717, 1.165) is 12.1 Å². The van der Waals surface area contributed by atoms with E-state index in [4.69, 9.17) is 0 Å².